The second kappa shape index (κ2) is 8.28. The molecule has 9 heteroatoms. The first-order chi connectivity index (χ1) is 12.5. The number of hydrogen-bond donors (Lipinski definition) is 4. The van der Waals surface area contributed by atoms with E-state index in [1.54, 1.807) is 0 Å². The van der Waals surface area contributed by atoms with Crippen molar-refractivity contribution >= 4 is 27.3 Å². The lowest BCUT2D eigenvalue weighted by molar-refractivity contribution is 0.0927. The van der Waals surface area contributed by atoms with E-state index in [1.165, 1.54) is 35.6 Å². The number of sulfonamides is 1. The highest BCUT2D eigenvalue weighted by Gasteiger charge is 2.25. The van der Waals surface area contributed by atoms with Crippen LogP contribution < -0.4 is 15.4 Å². The fourth-order valence-corrected chi connectivity index (χ4v) is 4.44. The average molecular weight is 396 g/mol. The van der Waals surface area contributed by atoms with E-state index in [-0.39, 0.29) is 23.3 Å². The van der Waals surface area contributed by atoms with Crippen molar-refractivity contribution in [2.75, 3.05) is 19.6 Å². The predicted molar refractivity (Wildman–Crippen MR) is 99.5 cm³/mol. The molecule has 140 valence electrons. The molecule has 4 N–H and O–H groups in total. The van der Waals surface area contributed by atoms with Crippen molar-refractivity contribution in [1.82, 2.24) is 15.4 Å². The summed E-state index contributed by atoms with van der Waals surface area (Å²) in [6.45, 7) is 1.80. The van der Waals surface area contributed by atoms with Gasteiger partial charge in [0.1, 0.15) is 0 Å². The summed E-state index contributed by atoms with van der Waals surface area (Å²) in [5.74, 6) is -0.306. The van der Waals surface area contributed by atoms with Crippen LogP contribution in [-0.2, 0) is 16.6 Å². The first-order valence-corrected chi connectivity index (χ1v) is 10.6. The zero-order valence-electron chi connectivity index (χ0n) is 14.0. The van der Waals surface area contributed by atoms with Crippen LogP contribution in [0.25, 0.3) is 0 Å². The number of nitrogens with one attached hydrogen (secondary N) is 3. The van der Waals surface area contributed by atoms with Crippen LogP contribution in [0.1, 0.15) is 15.2 Å². The van der Waals surface area contributed by atoms with E-state index in [4.69, 9.17) is 0 Å². The van der Waals surface area contributed by atoms with Crippen LogP contribution in [0.5, 0.6) is 0 Å². The number of aliphatic hydroxyl groups is 1. The molecule has 26 heavy (non-hydrogen) atoms. The third kappa shape index (κ3) is 4.68. The van der Waals surface area contributed by atoms with Gasteiger partial charge in [0, 0.05) is 42.5 Å². The van der Waals surface area contributed by atoms with Crippen molar-refractivity contribution in [2.24, 2.45) is 5.92 Å². The van der Waals surface area contributed by atoms with Gasteiger partial charge >= 0.3 is 0 Å². The van der Waals surface area contributed by atoms with E-state index in [9.17, 15) is 18.3 Å². The van der Waals surface area contributed by atoms with Crippen molar-refractivity contribution in [3.8, 4) is 0 Å². The number of benzene rings is 1. The molecular formula is C17H21N3O4S2. The molecule has 1 saturated heterocycles. The first kappa shape index (κ1) is 19.0. The minimum absolute atomic E-state index is 0.0138. The predicted octanol–water partition coefficient (Wildman–Crippen LogP) is 0.537. The lowest BCUT2D eigenvalue weighted by Crippen LogP contribution is -2.34. The number of β-amino-alcohol motifs (C(OH)–C–C–N with tert-alkyl or cyclic N) is 1. The molecule has 0 spiro atoms. The molecule has 1 aromatic carbocycles. The fraction of sp³-hybridized carbons (Fsp3) is 0.353. The van der Waals surface area contributed by atoms with E-state index >= 15 is 0 Å². The summed E-state index contributed by atoms with van der Waals surface area (Å²) in [6.07, 6.45) is -0.461. The van der Waals surface area contributed by atoms with Gasteiger partial charge in [0.25, 0.3) is 5.91 Å². The van der Waals surface area contributed by atoms with Crippen LogP contribution in [0.2, 0.25) is 0 Å². The topological polar surface area (TPSA) is 108 Å². The number of thiophene rings is 1. The molecular weight excluding hydrogens is 374 g/mol. The van der Waals surface area contributed by atoms with E-state index in [0.29, 0.717) is 25.2 Å². The van der Waals surface area contributed by atoms with Gasteiger partial charge in [0.05, 0.1) is 11.0 Å². The molecule has 2 aromatic rings. The summed E-state index contributed by atoms with van der Waals surface area (Å²) >= 11 is 1.48. The number of aliphatic hydroxyl groups excluding tert-OH is 1. The van der Waals surface area contributed by atoms with Crippen LogP contribution in [0.4, 0.5) is 0 Å². The van der Waals surface area contributed by atoms with Crippen LogP contribution in [0, 0.1) is 5.92 Å². The number of hydrogen-bond acceptors (Lipinski definition) is 6. The first-order valence-electron chi connectivity index (χ1n) is 8.25. The number of carbonyl (C=O) groups is 1. The lowest BCUT2D eigenvalue weighted by Gasteiger charge is -2.14. The molecule has 1 aliphatic rings. The van der Waals surface area contributed by atoms with E-state index in [0.717, 1.165) is 4.88 Å². The molecule has 1 amide bonds. The Hall–Kier alpha value is -1.78. The highest BCUT2D eigenvalue weighted by Crippen LogP contribution is 2.14. The van der Waals surface area contributed by atoms with Crippen LogP contribution in [-0.4, -0.2) is 45.2 Å². The van der Waals surface area contributed by atoms with Crippen molar-refractivity contribution in [1.29, 1.82) is 0 Å². The van der Waals surface area contributed by atoms with Crippen LogP contribution in [0.3, 0.4) is 0 Å². The minimum atomic E-state index is -3.63. The Labute approximate surface area is 156 Å². The average Bonchev–Trinajstić information content (AvgIpc) is 3.30. The Kier molecular flexibility index (Phi) is 6.05. The molecule has 7 nitrogen and oxygen atoms in total. The third-order valence-electron chi connectivity index (χ3n) is 4.27. The molecule has 2 heterocycles. The zero-order chi connectivity index (χ0) is 18.6. The Morgan fingerprint density at radius 3 is 2.62 bits per heavy atom. The van der Waals surface area contributed by atoms with Crippen molar-refractivity contribution in [3.05, 3.63) is 52.2 Å². The molecule has 2 unspecified atom stereocenters. The maximum atomic E-state index is 12.3. The Bertz CT molecular complexity index is 835. The van der Waals surface area contributed by atoms with Gasteiger partial charge in [-0.1, -0.05) is 6.07 Å². The maximum Gasteiger partial charge on any atom is 0.251 e. The molecule has 3 rings (SSSR count). The molecule has 2 atom stereocenters. The van der Waals surface area contributed by atoms with Gasteiger partial charge in [0.15, 0.2) is 0 Å². The summed E-state index contributed by atoms with van der Waals surface area (Å²) in [6, 6.07) is 9.52. The Morgan fingerprint density at radius 1 is 1.23 bits per heavy atom. The molecule has 1 aromatic heterocycles. The zero-order valence-corrected chi connectivity index (χ0v) is 15.6. The van der Waals surface area contributed by atoms with E-state index < -0.39 is 16.1 Å². The second-order valence-corrected chi connectivity index (χ2v) is 8.92. The Morgan fingerprint density at radius 2 is 2.00 bits per heavy atom. The van der Waals surface area contributed by atoms with Crippen molar-refractivity contribution in [2.45, 2.75) is 17.5 Å². The Balaban J connectivity index is 1.57. The van der Waals surface area contributed by atoms with E-state index in [2.05, 4.69) is 15.4 Å². The molecule has 1 aliphatic heterocycles. The molecule has 0 saturated carbocycles. The minimum Gasteiger partial charge on any atom is -0.391 e. The van der Waals surface area contributed by atoms with Crippen LogP contribution >= 0.6 is 11.3 Å². The van der Waals surface area contributed by atoms with Crippen molar-refractivity contribution < 1.29 is 18.3 Å². The summed E-state index contributed by atoms with van der Waals surface area (Å²) < 4.78 is 27.1. The normalized spacial score (nSPS) is 20.2. The quantitative estimate of drug-likeness (QED) is 0.547. The van der Waals surface area contributed by atoms with Gasteiger partial charge in [-0.3, -0.25) is 4.79 Å². The summed E-state index contributed by atoms with van der Waals surface area (Å²) in [7, 11) is -3.63. The van der Waals surface area contributed by atoms with Gasteiger partial charge in [-0.05, 0) is 35.7 Å². The van der Waals surface area contributed by atoms with Crippen molar-refractivity contribution in [3.63, 3.8) is 0 Å². The number of rotatable bonds is 7. The molecule has 0 radical (unpaired) electrons. The SMILES string of the molecule is O=C(NCC1CNCC1O)c1ccc(S(=O)(=O)NCc2cccs2)cc1. The van der Waals surface area contributed by atoms with Gasteiger partial charge in [-0.15, -0.1) is 11.3 Å². The van der Waals surface area contributed by atoms with Crippen LogP contribution in [0.15, 0.2) is 46.7 Å². The summed E-state index contributed by atoms with van der Waals surface area (Å²) in [5, 5.41) is 17.4. The molecule has 0 aliphatic carbocycles. The van der Waals surface area contributed by atoms with Gasteiger partial charge in [0.2, 0.25) is 10.0 Å². The van der Waals surface area contributed by atoms with Gasteiger partial charge < -0.3 is 15.7 Å². The monoisotopic (exact) mass is 395 g/mol. The van der Waals surface area contributed by atoms with Gasteiger partial charge in [-0.25, -0.2) is 13.1 Å². The van der Waals surface area contributed by atoms with Gasteiger partial charge in [-0.2, -0.15) is 0 Å². The summed E-state index contributed by atoms with van der Waals surface area (Å²) in [5.41, 5.74) is 0.377. The van der Waals surface area contributed by atoms with E-state index in [1.807, 2.05) is 17.5 Å². The fourth-order valence-electron chi connectivity index (χ4n) is 2.70. The molecule has 1 fully saturated rings. The third-order valence-corrected chi connectivity index (χ3v) is 6.57. The number of carbonyl (C=O) groups excluding carboxylic acids is 1. The smallest absolute Gasteiger partial charge is 0.251 e. The second-order valence-electron chi connectivity index (χ2n) is 6.12. The highest BCUT2D eigenvalue weighted by atomic mass is 32.2. The summed E-state index contributed by atoms with van der Waals surface area (Å²) in [4.78, 5) is 13.2. The number of amides is 1. The molecule has 0 bridgehead atoms. The highest BCUT2D eigenvalue weighted by molar-refractivity contribution is 7.89. The maximum absolute atomic E-state index is 12.3. The largest absolute Gasteiger partial charge is 0.391 e. The lowest BCUT2D eigenvalue weighted by atomic mass is 10.1. The standard InChI is InChI=1S/C17H21N3O4S2/c21-16-11-18-8-13(16)9-19-17(22)12-3-5-15(6-4-12)26(23,24)20-10-14-2-1-7-25-14/h1-7,13,16,18,20-21H,8-11H2,(H,19,22).